The standard InChI is InChI=1S/C16H23N3OS/c1-5-19(10-12-8-6-7-9-17-12)15-18-14(16(2,3)4)13(11-20)21-15/h6-9,20H,5,10-11H2,1-4H3. The van der Waals surface area contributed by atoms with Crippen molar-refractivity contribution >= 4 is 16.5 Å². The van der Waals surface area contributed by atoms with E-state index in [4.69, 9.17) is 4.98 Å². The average molecular weight is 305 g/mol. The molecule has 4 nitrogen and oxygen atoms in total. The molecule has 0 spiro atoms. The first-order valence-corrected chi connectivity index (χ1v) is 8.03. The topological polar surface area (TPSA) is 49.2 Å². The molecule has 0 unspecified atom stereocenters. The fraction of sp³-hybridized carbons (Fsp3) is 0.500. The number of nitrogens with zero attached hydrogens (tertiary/aromatic N) is 3. The molecule has 0 saturated heterocycles. The highest BCUT2D eigenvalue weighted by Crippen LogP contribution is 2.34. The van der Waals surface area contributed by atoms with E-state index in [-0.39, 0.29) is 12.0 Å². The number of aliphatic hydroxyl groups excluding tert-OH is 1. The molecule has 2 aromatic rings. The second kappa shape index (κ2) is 6.54. The van der Waals surface area contributed by atoms with Crippen molar-refractivity contribution in [2.75, 3.05) is 11.4 Å². The molecule has 2 rings (SSSR count). The quantitative estimate of drug-likeness (QED) is 0.920. The van der Waals surface area contributed by atoms with E-state index in [2.05, 4.69) is 37.6 Å². The number of pyridine rings is 1. The van der Waals surface area contributed by atoms with Crippen molar-refractivity contribution in [1.82, 2.24) is 9.97 Å². The second-order valence-electron chi connectivity index (χ2n) is 6.01. The summed E-state index contributed by atoms with van der Waals surface area (Å²) in [6.07, 6.45) is 1.81. The molecular formula is C16H23N3OS. The maximum atomic E-state index is 9.58. The summed E-state index contributed by atoms with van der Waals surface area (Å²) in [5.41, 5.74) is 1.96. The van der Waals surface area contributed by atoms with Crippen LogP contribution in [0.3, 0.4) is 0 Å². The fourth-order valence-electron chi connectivity index (χ4n) is 2.17. The van der Waals surface area contributed by atoms with Crippen LogP contribution < -0.4 is 4.90 Å². The predicted molar refractivity (Wildman–Crippen MR) is 87.7 cm³/mol. The van der Waals surface area contributed by atoms with Crippen LogP contribution in [0.4, 0.5) is 5.13 Å². The summed E-state index contributed by atoms with van der Waals surface area (Å²) in [5, 5.41) is 10.5. The lowest BCUT2D eigenvalue weighted by atomic mass is 9.91. The number of anilines is 1. The summed E-state index contributed by atoms with van der Waals surface area (Å²) in [7, 11) is 0. The minimum Gasteiger partial charge on any atom is -0.391 e. The maximum Gasteiger partial charge on any atom is 0.186 e. The van der Waals surface area contributed by atoms with Gasteiger partial charge in [0.15, 0.2) is 5.13 Å². The summed E-state index contributed by atoms with van der Waals surface area (Å²) in [6.45, 7) is 10.1. The van der Waals surface area contributed by atoms with Gasteiger partial charge in [-0.05, 0) is 19.1 Å². The van der Waals surface area contributed by atoms with E-state index < -0.39 is 0 Å². The largest absolute Gasteiger partial charge is 0.391 e. The Morgan fingerprint density at radius 1 is 1.29 bits per heavy atom. The predicted octanol–water partition coefficient (Wildman–Crippen LogP) is 3.35. The molecule has 0 atom stereocenters. The monoisotopic (exact) mass is 305 g/mol. The number of thiazole rings is 1. The minimum atomic E-state index is -0.0583. The Kier molecular flexibility index (Phi) is 4.96. The number of aliphatic hydroxyl groups is 1. The summed E-state index contributed by atoms with van der Waals surface area (Å²) in [5.74, 6) is 0. The van der Waals surface area contributed by atoms with Gasteiger partial charge < -0.3 is 10.0 Å². The minimum absolute atomic E-state index is 0.0470. The van der Waals surface area contributed by atoms with Gasteiger partial charge in [0.1, 0.15) is 0 Å². The van der Waals surface area contributed by atoms with Crippen molar-refractivity contribution in [3.63, 3.8) is 0 Å². The molecule has 0 aromatic carbocycles. The Hall–Kier alpha value is -1.46. The van der Waals surface area contributed by atoms with Crippen LogP contribution in [0.1, 0.15) is 44.0 Å². The van der Waals surface area contributed by atoms with Gasteiger partial charge >= 0.3 is 0 Å². The van der Waals surface area contributed by atoms with Crippen LogP contribution >= 0.6 is 11.3 Å². The smallest absolute Gasteiger partial charge is 0.186 e. The molecule has 0 radical (unpaired) electrons. The van der Waals surface area contributed by atoms with E-state index in [1.165, 1.54) is 0 Å². The first-order valence-electron chi connectivity index (χ1n) is 7.21. The van der Waals surface area contributed by atoms with Crippen LogP contribution in [0.2, 0.25) is 0 Å². The van der Waals surface area contributed by atoms with Gasteiger partial charge in [-0.2, -0.15) is 0 Å². The van der Waals surface area contributed by atoms with Gasteiger partial charge in [-0.25, -0.2) is 4.98 Å². The lowest BCUT2D eigenvalue weighted by Gasteiger charge is -2.20. The molecule has 0 aliphatic heterocycles. The van der Waals surface area contributed by atoms with Crippen molar-refractivity contribution in [3.8, 4) is 0 Å². The molecule has 0 amide bonds. The van der Waals surface area contributed by atoms with Gasteiger partial charge in [-0.15, -0.1) is 0 Å². The zero-order chi connectivity index (χ0) is 15.5. The van der Waals surface area contributed by atoms with Gasteiger partial charge in [0.2, 0.25) is 0 Å². The molecule has 2 heterocycles. The third-order valence-electron chi connectivity index (χ3n) is 3.27. The fourth-order valence-corrected chi connectivity index (χ4v) is 3.36. The van der Waals surface area contributed by atoms with E-state index in [9.17, 15) is 5.11 Å². The number of rotatable bonds is 5. The van der Waals surface area contributed by atoms with Gasteiger partial charge in [0.05, 0.1) is 29.4 Å². The molecular weight excluding hydrogens is 282 g/mol. The number of hydrogen-bond donors (Lipinski definition) is 1. The Morgan fingerprint density at radius 2 is 2.05 bits per heavy atom. The highest BCUT2D eigenvalue weighted by atomic mass is 32.1. The van der Waals surface area contributed by atoms with Crippen molar-refractivity contribution in [1.29, 1.82) is 0 Å². The Bertz CT molecular complexity index is 575. The van der Waals surface area contributed by atoms with E-state index >= 15 is 0 Å². The number of hydrogen-bond acceptors (Lipinski definition) is 5. The van der Waals surface area contributed by atoms with Crippen LogP contribution in [-0.2, 0) is 18.6 Å². The van der Waals surface area contributed by atoms with Crippen molar-refractivity contribution in [3.05, 3.63) is 40.7 Å². The third kappa shape index (κ3) is 3.80. The van der Waals surface area contributed by atoms with Crippen LogP contribution in [0.25, 0.3) is 0 Å². The van der Waals surface area contributed by atoms with Crippen molar-refractivity contribution in [2.45, 2.75) is 46.3 Å². The van der Waals surface area contributed by atoms with Gasteiger partial charge in [0.25, 0.3) is 0 Å². The normalized spacial score (nSPS) is 11.7. The Morgan fingerprint density at radius 3 is 2.52 bits per heavy atom. The first kappa shape index (κ1) is 15.9. The summed E-state index contributed by atoms with van der Waals surface area (Å²) in [4.78, 5) is 12.3. The molecule has 5 heteroatoms. The summed E-state index contributed by atoms with van der Waals surface area (Å²) >= 11 is 1.58. The molecule has 1 N–H and O–H groups in total. The van der Waals surface area contributed by atoms with Crippen LogP contribution in [-0.4, -0.2) is 21.6 Å². The molecule has 0 fully saturated rings. The van der Waals surface area contributed by atoms with Crippen molar-refractivity contribution in [2.24, 2.45) is 0 Å². The van der Waals surface area contributed by atoms with Crippen LogP contribution in [0, 0.1) is 0 Å². The number of aromatic nitrogens is 2. The molecule has 0 saturated carbocycles. The van der Waals surface area contributed by atoms with E-state index in [1.807, 2.05) is 24.4 Å². The molecule has 114 valence electrons. The average Bonchev–Trinajstić information content (AvgIpc) is 2.90. The highest BCUT2D eigenvalue weighted by molar-refractivity contribution is 7.15. The van der Waals surface area contributed by atoms with Gasteiger partial charge in [-0.3, -0.25) is 4.98 Å². The molecule has 0 aliphatic rings. The zero-order valence-electron chi connectivity index (χ0n) is 13.1. The molecule has 2 aromatic heterocycles. The first-order chi connectivity index (χ1) is 9.95. The lowest BCUT2D eigenvalue weighted by Crippen LogP contribution is -2.23. The van der Waals surface area contributed by atoms with Crippen LogP contribution in [0.15, 0.2) is 24.4 Å². The molecule has 0 bridgehead atoms. The van der Waals surface area contributed by atoms with E-state index in [0.29, 0.717) is 0 Å². The van der Waals surface area contributed by atoms with Crippen molar-refractivity contribution < 1.29 is 5.11 Å². The zero-order valence-corrected chi connectivity index (χ0v) is 13.9. The molecule has 21 heavy (non-hydrogen) atoms. The van der Waals surface area contributed by atoms with Gasteiger partial charge in [0, 0.05) is 18.2 Å². The van der Waals surface area contributed by atoms with Crippen LogP contribution in [0.5, 0.6) is 0 Å². The lowest BCUT2D eigenvalue weighted by molar-refractivity contribution is 0.282. The highest BCUT2D eigenvalue weighted by Gasteiger charge is 2.24. The van der Waals surface area contributed by atoms with Gasteiger partial charge in [-0.1, -0.05) is 38.2 Å². The Labute approximate surface area is 130 Å². The summed E-state index contributed by atoms with van der Waals surface area (Å²) < 4.78 is 0. The van der Waals surface area contributed by atoms with E-state index in [1.54, 1.807) is 11.3 Å². The van der Waals surface area contributed by atoms with E-state index in [0.717, 1.165) is 34.5 Å². The molecule has 0 aliphatic carbocycles. The Balaban J connectivity index is 2.28. The maximum absolute atomic E-state index is 9.58. The second-order valence-corrected chi connectivity index (χ2v) is 7.07. The SMILES string of the molecule is CCN(Cc1ccccn1)c1nc(C(C)(C)C)c(CO)s1. The third-order valence-corrected chi connectivity index (χ3v) is 4.37. The summed E-state index contributed by atoms with van der Waals surface area (Å²) in [6, 6.07) is 5.94.